The molecule has 3 nitrogen and oxygen atoms in total. The number of fused-ring (bicyclic) bond motifs is 2. The summed E-state index contributed by atoms with van der Waals surface area (Å²) in [5.41, 5.74) is 2.06. The Hall–Kier alpha value is -1.97. The second kappa shape index (κ2) is 5.59. The van der Waals surface area contributed by atoms with Crippen LogP contribution in [0.5, 0.6) is 0 Å². The molecule has 2 saturated carbocycles. The van der Waals surface area contributed by atoms with Crippen LogP contribution >= 0.6 is 0 Å². The zero-order chi connectivity index (χ0) is 16.0. The number of hydrogen-bond donors (Lipinski definition) is 1. The highest BCUT2D eigenvalue weighted by Gasteiger charge is 2.42. The van der Waals surface area contributed by atoms with Crippen LogP contribution in [0.1, 0.15) is 43.6 Å². The van der Waals surface area contributed by atoms with Gasteiger partial charge in [-0.3, -0.25) is 9.78 Å². The molecule has 4 rings (SSSR count). The molecule has 1 aromatic heterocycles. The highest BCUT2D eigenvalue weighted by atomic mass is 19.1. The average Bonchev–Trinajstić information content (AvgIpc) is 3.04. The molecule has 2 aliphatic carbocycles. The molecule has 0 bridgehead atoms. The summed E-state index contributed by atoms with van der Waals surface area (Å²) in [5, 5.41) is 9.90. The largest absolute Gasteiger partial charge is 0.481 e. The number of benzene rings is 1. The minimum Gasteiger partial charge on any atom is -0.481 e. The quantitative estimate of drug-likeness (QED) is 0.915. The molecule has 2 fully saturated rings. The van der Waals surface area contributed by atoms with Crippen molar-refractivity contribution in [2.75, 3.05) is 0 Å². The van der Waals surface area contributed by atoms with Gasteiger partial charge in [0.15, 0.2) is 0 Å². The maximum Gasteiger partial charge on any atom is 0.303 e. The van der Waals surface area contributed by atoms with Crippen LogP contribution in [0.3, 0.4) is 0 Å². The van der Waals surface area contributed by atoms with Gasteiger partial charge in [0.2, 0.25) is 0 Å². The molecule has 4 heteroatoms. The SMILES string of the molecule is O=C(O)C[C@@H]1C[C@H]2CC(c3ccnc4ccc(F)cc34)C[C@H]2C1. The molecule has 1 heterocycles. The molecule has 2 aromatic rings. The molecular weight excluding hydrogens is 293 g/mol. The van der Waals surface area contributed by atoms with Gasteiger partial charge >= 0.3 is 5.97 Å². The van der Waals surface area contributed by atoms with Crippen molar-refractivity contribution < 1.29 is 14.3 Å². The van der Waals surface area contributed by atoms with E-state index in [4.69, 9.17) is 5.11 Å². The van der Waals surface area contributed by atoms with E-state index in [9.17, 15) is 9.18 Å². The molecule has 23 heavy (non-hydrogen) atoms. The molecule has 1 unspecified atom stereocenters. The van der Waals surface area contributed by atoms with Crippen LogP contribution < -0.4 is 0 Å². The minimum atomic E-state index is -0.679. The summed E-state index contributed by atoms with van der Waals surface area (Å²) < 4.78 is 13.6. The predicted molar refractivity (Wildman–Crippen MR) is 85.6 cm³/mol. The number of carboxylic acid groups (broad SMARTS) is 1. The fourth-order valence-corrected chi connectivity index (χ4v) is 4.91. The molecule has 120 valence electrons. The lowest BCUT2D eigenvalue weighted by molar-refractivity contribution is -0.138. The molecular formula is C19H20FNO2. The normalized spacial score (nSPS) is 29.8. The number of carbonyl (C=O) groups is 1. The summed E-state index contributed by atoms with van der Waals surface area (Å²) in [6.45, 7) is 0. The van der Waals surface area contributed by atoms with Crippen LogP contribution in [0, 0.1) is 23.6 Å². The Morgan fingerprint density at radius 3 is 2.61 bits per heavy atom. The van der Waals surface area contributed by atoms with Crippen LogP contribution in [0.4, 0.5) is 4.39 Å². The number of aromatic nitrogens is 1. The first-order valence-electron chi connectivity index (χ1n) is 8.36. The first kappa shape index (κ1) is 14.6. The summed E-state index contributed by atoms with van der Waals surface area (Å²) in [4.78, 5) is 15.2. The van der Waals surface area contributed by atoms with E-state index in [1.807, 2.05) is 12.3 Å². The summed E-state index contributed by atoms with van der Waals surface area (Å²) in [7, 11) is 0. The number of rotatable bonds is 3. The lowest BCUT2D eigenvalue weighted by Gasteiger charge is -2.16. The van der Waals surface area contributed by atoms with Gasteiger partial charge in [-0.25, -0.2) is 4.39 Å². The van der Waals surface area contributed by atoms with Gasteiger partial charge in [0.1, 0.15) is 5.82 Å². The first-order valence-corrected chi connectivity index (χ1v) is 8.36. The number of aliphatic carboxylic acids is 1. The van der Waals surface area contributed by atoms with E-state index in [-0.39, 0.29) is 5.82 Å². The minimum absolute atomic E-state index is 0.216. The summed E-state index contributed by atoms with van der Waals surface area (Å²) >= 11 is 0. The van der Waals surface area contributed by atoms with Gasteiger partial charge in [-0.15, -0.1) is 0 Å². The van der Waals surface area contributed by atoms with Crippen LogP contribution in [-0.2, 0) is 4.79 Å². The molecule has 0 spiro atoms. The van der Waals surface area contributed by atoms with E-state index >= 15 is 0 Å². The van der Waals surface area contributed by atoms with Crippen LogP contribution in [-0.4, -0.2) is 16.1 Å². The summed E-state index contributed by atoms with van der Waals surface area (Å²) in [6, 6.07) is 6.83. The van der Waals surface area contributed by atoms with Crippen LogP contribution in [0.25, 0.3) is 10.9 Å². The second-order valence-electron chi connectivity index (χ2n) is 7.19. The van der Waals surface area contributed by atoms with E-state index in [1.54, 1.807) is 12.1 Å². The van der Waals surface area contributed by atoms with E-state index in [1.165, 1.54) is 11.6 Å². The monoisotopic (exact) mass is 313 g/mol. The molecule has 0 amide bonds. The molecule has 0 saturated heterocycles. The molecule has 0 aliphatic heterocycles. The third kappa shape index (κ3) is 2.71. The Morgan fingerprint density at radius 1 is 1.17 bits per heavy atom. The van der Waals surface area contributed by atoms with E-state index in [2.05, 4.69) is 4.98 Å². The Morgan fingerprint density at radius 2 is 1.91 bits per heavy atom. The fourth-order valence-electron chi connectivity index (χ4n) is 4.91. The van der Waals surface area contributed by atoms with Crippen molar-refractivity contribution in [3.8, 4) is 0 Å². The van der Waals surface area contributed by atoms with Gasteiger partial charge in [0.25, 0.3) is 0 Å². The maximum absolute atomic E-state index is 13.6. The maximum atomic E-state index is 13.6. The van der Waals surface area contributed by atoms with Gasteiger partial charge in [-0.05, 0) is 79.2 Å². The van der Waals surface area contributed by atoms with E-state index in [0.717, 1.165) is 36.6 Å². The molecule has 0 radical (unpaired) electrons. The molecule has 4 atom stereocenters. The third-order valence-electron chi connectivity index (χ3n) is 5.75. The van der Waals surface area contributed by atoms with Crippen molar-refractivity contribution >= 4 is 16.9 Å². The molecule has 2 aliphatic rings. The smallest absolute Gasteiger partial charge is 0.303 e. The van der Waals surface area contributed by atoms with Crippen molar-refractivity contribution in [2.24, 2.45) is 17.8 Å². The van der Waals surface area contributed by atoms with E-state index < -0.39 is 5.97 Å². The van der Waals surface area contributed by atoms with E-state index in [0.29, 0.717) is 30.1 Å². The Balaban J connectivity index is 1.56. The van der Waals surface area contributed by atoms with Gasteiger partial charge in [-0.2, -0.15) is 0 Å². The highest BCUT2D eigenvalue weighted by Crippen LogP contribution is 2.53. The summed E-state index contributed by atoms with van der Waals surface area (Å²) in [6.07, 6.45) is 6.38. The number of halogens is 1. The zero-order valence-electron chi connectivity index (χ0n) is 12.9. The van der Waals surface area contributed by atoms with Crippen molar-refractivity contribution in [3.05, 3.63) is 41.8 Å². The van der Waals surface area contributed by atoms with Gasteiger partial charge in [-0.1, -0.05) is 0 Å². The lowest BCUT2D eigenvalue weighted by Crippen LogP contribution is -2.06. The van der Waals surface area contributed by atoms with Crippen molar-refractivity contribution in [2.45, 2.75) is 38.0 Å². The van der Waals surface area contributed by atoms with Crippen molar-refractivity contribution in [1.82, 2.24) is 4.98 Å². The molecule has 1 N–H and O–H groups in total. The standard InChI is InChI=1S/C19H20FNO2/c20-15-1-2-18-17(10-15)16(3-4-21-18)14-8-12-5-11(7-19(22)23)6-13(12)9-14/h1-4,10-14H,5-9H2,(H,22,23)/t11-,12+,13-,14?. The Labute approximate surface area is 134 Å². The fraction of sp³-hybridized carbons (Fsp3) is 0.474. The van der Waals surface area contributed by atoms with Crippen LogP contribution in [0.2, 0.25) is 0 Å². The highest BCUT2D eigenvalue weighted by molar-refractivity contribution is 5.82. The topological polar surface area (TPSA) is 50.2 Å². The van der Waals surface area contributed by atoms with Crippen molar-refractivity contribution in [1.29, 1.82) is 0 Å². The second-order valence-corrected chi connectivity index (χ2v) is 7.19. The van der Waals surface area contributed by atoms with Gasteiger partial charge in [0.05, 0.1) is 5.52 Å². The molecule has 1 aromatic carbocycles. The number of carboxylic acids is 1. The first-order chi connectivity index (χ1) is 11.1. The predicted octanol–water partition coefficient (Wildman–Crippen LogP) is 4.37. The number of hydrogen-bond acceptors (Lipinski definition) is 2. The van der Waals surface area contributed by atoms with Crippen LogP contribution in [0.15, 0.2) is 30.5 Å². The Kier molecular flexibility index (Phi) is 3.55. The van der Waals surface area contributed by atoms with Crippen molar-refractivity contribution in [3.63, 3.8) is 0 Å². The van der Waals surface area contributed by atoms with Gasteiger partial charge < -0.3 is 5.11 Å². The lowest BCUT2D eigenvalue weighted by atomic mass is 9.90. The summed E-state index contributed by atoms with van der Waals surface area (Å²) in [5.74, 6) is 1.15. The number of pyridine rings is 1. The Bertz CT molecular complexity index is 746. The van der Waals surface area contributed by atoms with Gasteiger partial charge in [0, 0.05) is 18.0 Å². The number of nitrogens with zero attached hydrogens (tertiary/aromatic N) is 1. The zero-order valence-corrected chi connectivity index (χ0v) is 12.9. The third-order valence-corrected chi connectivity index (χ3v) is 5.75. The average molecular weight is 313 g/mol.